The van der Waals surface area contributed by atoms with Crippen LogP contribution in [-0.2, 0) is 13.0 Å². The predicted octanol–water partition coefficient (Wildman–Crippen LogP) is 4.31. The highest BCUT2D eigenvalue weighted by atomic mass is 32.1. The van der Waals surface area contributed by atoms with Crippen molar-refractivity contribution < 1.29 is 4.74 Å². The van der Waals surface area contributed by atoms with E-state index < -0.39 is 0 Å². The maximum Gasteiger partial charge on any atom is 0.318 e. The lowest BCUT2D eigenvalue weighted by molar-refractivity contribution is 0.182. The number of benzene rings is 1. The summed E-state index contributed by atoms with van der Waals surface area (Å²) in [5.74, 6) is 0.979. The number of piperazine rings is 1. The molecule has 6 rings (SSSR count). The Bertz CT molecular complexity index is 1420. The summed E-state index contributed by atoms with van der Waals surface area (Å²) in [7, 11) is 4.24. The minimum atomic E-state index is 0.127. The molecule has 2 fully saturated rings. The fourth-order valence-electron chi connectivity index (χ4n) is 6.20. The third kappa shape index (κ3) is 5.45. The first-order valence-electron chi connectivity index (χ1n) is 14.2. The number of aromatic nitrogens is 3. The molecule has 3 aromatic rings. The zero-order chi connectivity index (χ0) is 27.7. The van der Waals surface area contributed by atoms with Gasteiger partial charge in [0.15, 0.2) is 0 Å². The number of nitrogens with zero attached hydrogens (tertiary/aromatic N) is 8. The molecule has 2 aromatic heterocycles. The lowest BCUT2D eigenvalue weighted by Crippen LogP contribution is -2.51. The molecule has 1 atom stereocenters. The smallest absolute Gasteiger partial charge is 0.318 e. The number of ether oxygens (including phenoxy) is 1. The topological polar surface area (TPSA) is 84.7 Å². The van der Waals surface area contributed by atoms with Crippen LogP contribution in [0.4, 0.5) is 11.5 Å². The molecule has 0 bridgehead atoms. The van der Waals surface area contributed by atoms with E-state index in [2.05, 4.69) is 75.2 Å². The van der Waals surface area contributed by atoms with Gasteiger partial charge in [0.05, 0.1) is 53.3 Å². The Balaban J connectivity index is 1.31. The van der Waals surface area contributed by atoms with E-state index in [1.54, 1.807) is 11.3 Å². The van der Waals surface area contributed by atoms with Crippen LogP contribution in [0.25, 0.3) is 10.2 Å². The Morgan fingerprint density at radius 3 is 2.85 bits per heavy atom. The normalized spacial score (nSPS) is 20.3. The molecular formula is C30H38N8OS. The van der Waals surface area contributed by atoms with Gasteiger partial charge in [-0.05, 0) is 58.6 Å². The monoisotopic (exact) mass is 558 g/mol. The molecule has 0 amide bonds. The Hall–Kier alpha value is -3.42. The van der Waals surface area contributed by atoms with Gasteiger partial charge < -0.3 is 24.3 Å². The number of hydrogen-bond acceptors (Lipinski definition) is 10. The van der Waals surface area contributed by atoms with E-state index in [0.29, 0.717) is 25.6 Å². The minimum Gasteiger partial charge on any atom is -0.463 e. The highest BCUT2D eigenvalue weighted by molar-refractivity contribution is 7.16. The zero-order valence-electron chi connectivity index (χ0n) is 23.7. The van der Waals surface area contributed by atoms with Crippen molar-refractivity contribution in [3.63, 3.8) is 0 Å². The van der Waals surface area contributed by atoms with Crippen molar-refractivity contribution in [2.24, 2.45) is 5.41 Å². The van der Waals surface area contributed by atoms with Crippen molar-refractivity contribution in [1.29, 1.82) is 5.26 Å². The second-order valence-electron chi connectivity index (χ2n) is 11.6. The lowest BCUT2D eigenvalue weighted by Gasteiger charge is -2.42. The number of nitriles is 1. The van der Waals surface area contributed by atoms with Crippen molar-refractivity contribution >= 4 is 33.1 Å². The first-order chi connectivity index (χ1) is 19.5. The standard InChI is InChI=1S/C30H38N8OS/c1-4-13-36-15-16-38(17-22(36)8-12-31)28-23-9-14-37(25-6-5-7-26-27(25)32-21-40-26)18-24(23)33-29(34-28)39-20-30(10-11-30)19-35(2)3/h4-7,13,21-22H,8-11,14-20H2,1-3H3. The summed E-state index contributed by atoms with van der Waals surface area (Å²) < 4.78 is 7.59. The predicted molar refractivity (Wildman–Crippen MR) is 160 cm³/mol. The van der Waals surface area contributed by atoms with Crippen molar-refractivity contribution in [2.75, 3.05) is 63.2 Å². The lowest BCUT2D eigenvalue weighted by atomic mass is 10.0. The van der Waals surface area contributed by atoms with Crippen molar-refractivity contribution in [2.45, 2.75) is 45.2 Å². The van der Waals surface area contributed by atoms with E-state index in [1.807, 2.05) is 12.4 Å². The summed E-state index contributed by atoms with van der Waals surface area (Å²) in [5, 5.41) is 9.53. The average molecular weight is 559 g/mol. The average Bonchev–Trinajstić information content (AvgIpc) is 3.53. The quantitative estimate of drug-likeness (QED) is 0.381. The van der Waals surface area contributed by atoms with Crippen molar-refractivity contribution in [3.8, 4) is 12.1 Å². The summed E-state index contributed by atoms with van der Waals surface area (Å²) in [5.41, 5.74) is 6.57. The van der Waals surface area contributed by atoms with Crippen LogP contribution in [-0.4, -0.2) is 84.2 Å². The van der Waals surface area contributed by atoms with Crippen LogP contribution >= 0.6 is 11.3 Å². The summed E-state index contributed by atoms with van der Waals surface area (Å²) in [6.45, 7) is 7.72. The van der Waals surface area contributed by atoms with Gasteiger partial charge in [-0.25, -0.2) is 4.98 Å². The number of anilines is 2. The van der Waals surface area contributed by atoms with E-state index in [1.165, 1.54) is 23.1 Å². The molecule has 1 unspecified atom stereocenters. The zero-order valence-corrected chi connectivity index (χ0v) is 24.5. The van der Waals surface area contributed by atoms with Gasteiger partial charge in [0.2, 0.25) is 0 Å². The number of para-hydroxylation sites is 1. The van der Waals surface area contributed by atoms with Crippen LogP contribution in [0.2, 0.25) is 0 Å². The van der Waals surface area contributed by atoms with Gasteiger partial charge in [-0.2, -0.15) is 15.2 Å². The van der Waals surface area contributed by atoms with Crippen LogP contribution in [0.5, 0.6) is 6.01 Å². The maximum atomic E-state index is 9.53. The molecule has 0 N–H and O–H groups in total. The summed E-state index contributed by atoms with van der Waals surface area (Å²) in [4.78, 5) is 24.0. The summed E-state index contributed by atoms with van der Waals surface area (Å²) >= 11 is 1.68. The van der Waals surface area contributed by atoms with Crippen molar-refractivity contribution in [1.82, 2.24) is 24.8 Å². The Morgan fingerprint density at radius 1 is 1.20 bits per heavy atom. The molecular weight excluding hydrogens is 520 g/mol. The second-order valence-corrected chi connectivity index (χ2v) is 12.5. The van der Waals surface area contributed by atoms with E-state index in [4.69, 9.17) is 14.7 Å². The molecule has 4 heterocycles. The molecule has 210 valence electrons. The molecule has 0 radical (unpaired) electrons. The minimum absolute atomic E-state index is 0.127. The van der Waals surface area contributed by atoms with E-state index in [9.17, 15) is 5.26 Å². The number of allylic oxidation sites excluding steroid dienone is 1. The fraction of sp³-hybridized carbons (Fsp3) is 0.533. The summed E-state index contributed by atoms with van der Waals surface area (Å²) in [6, 6.07) is 9.40. The Kier molecular flexibility index (Phi) is 7.51. The van der Waals surface area contributed by atoms with Gasteiger partial charge in [-0.15, -0.1) is 11.3 Å². The van der Waals surface area contributed by atoms with Crippen LogP contribution in [0.3, 0.4) is 0 Å². The number of fused-ring (bicyclic) bond motifs is 2. The maximum absolute atomic E-state index is 9.53. The largest absolute Gasteiger partial charge is 0.463 e. The molecule has 40 heavy (non-hydrogen) atoms. The molecule has 1 saturated carbocycles. The molecule has 1 saturated heterocycles. The van der Waals surface area contributed by atoms with E-state index >= 15 is 0 Å². The van der Waals surface area contributed by atoms with E-state index in [0.717, 1.165) is 61.9 Å². The first-order valence-corrected chi connectivity index (χ1v) is 15.1. The highest BCUT2D eigenvalue weighted by Gasteiger charge is 2.44. The number of hydrogen-bond donors (Lipinski definition) is 0. The van der Waals surface area contributed by atoms with Gasteiger partial charge in [-0.1, -0.05) is 12.1 Å². The molecule has 9 nitrogen and oxygen atoms in total. The van der Waals surface area contributed by atoms with Gasteiger partial charge in [0.25, 0.3) is 0 Å². The molecule has 1 aliphatic carbocycles. The molecule has 2 aliphatic heterocycles. The van der Waals surface area contributed by atoms with Crippen molar-refractivity contribution in [3.05, 3.63) is 47.2 Å². The van der Waals surface area contributed by atoms with E-state index in [-0.39, 0.29) is 11.5 Å². The highest BCUT2D eigenvalue weighted by Crippen LogP contribution is 2.46. The first kappa shape index (κ1) is 26.8. The van der Waals surface area contributed by atoms with Crippen LogP contribution in [0, 0.1) is 16.7 Å². The van der Waals surface area contributed by atoms with Gasteiger partial charge in [0.1, 0.15) is 11.3 Å². The van der Waals surface area contributed by atoms with Gasteiger partial charge >= 0.3 is 6.01 Å². The molecule has 1 aromatic carbocycles. The third-order valence-corrected chi connectivity index (χ3v) is 9.11. The summed E-state index contributed by atoms with van der Waals surface area (Å²) in [6.07, 6.45) is 7.86. The van der Waals surface area contributed by atoms with Crippen LogP contribution in [0.1, 0.15) is 37.4 Å². The van der Waals surface area contributed by atoms with Gasteiger partial charge in [-0.3, -0.25) is 0 Å². The molecule has 10 heteroatoms. The molecule has 0 spiro atoms. The van der Waals surface area contributed by atoms with Gasteiger partial charge in [0, 0.05) is 43.7 Å². The fourth-order valence-corrected chi connectivity index (χ4v) is 6.89. The van der Waals surface area contributed by atoms with Crippen LogP contribution < -0.4 is 14.5 Å². The third-order valence-electron chi connectivity index (χ3n) is 8.31. The Morgan fingerprint density at radius 2 is 2.08 bits per heavy atom. The number of rotatable bonds is 9. The van der Waals surface area contributed by atoms with Crippen LogP contribution in [0.15, 0.2) is 36.0 Å². The number of thiazole rings is 1. The Labute approximate surface area is 240 Å². The second kappa shape index (κ2) is 11.2. The SMILES string of the molecule is CC=CN1CCN(c2nc(OCC3(CN(C)C)CC3)nc3c2CCN(c2cccc4scnc24)C3)CC1CC#N. The molecule has 3 aliphatic rings.